The average molecular weight is 350 g/mol. The van der Waals surface area contributed by atoms with E-state index in [0.29, 0.717) is 6.42 Å². The van der Waals surface area contributed by atoms with Gasteiger partial charge in [0, 0.05) is 18.7 Å². The van der Waals surface area contributed by atoms with Gasteiger partial charge in [-0.05, 0) is 37.8 Å². The second kappa shape index (κ2) is 4.77. The van der Waals surface area contributed by atoms with Gasteiger partial charge in [0.05, 0.1) is 24.1 Å². The van der Waals surface area contributed by atoms with Crippen molar-refractivity contribution in [2.24, 2.45) is 5.92 Å². The van der Waals surface area contributed by atoms with Gasteiger partial charge in [-0.15, -0.1) is 0 Å². The number of hydrogen-bond acceptors (Lipinski definition) is 3. The highest BCUT2D eigenvalue weighted by Gasteiger charge is 2.67. The van der Waals surface area contributed by atoms with Crippen molar-refractivity contribution in [1.82, 2.24) is 4.90 Å². The molecule has 1 spiro atoms. The smallest absolute Gasteiger partial charge is 0.233 e. The van der Waals surface area contributed by atoms with Gasteiger partial charge in [-0.1, -0.05) is 29.8 Å². The largest absolute Gasteiger partial charge is 0.361 e. The Morgan fingerprint density at radius 2 is 2.12 bits per heavy atom. The summed E-state index contributed by atoms with van der Waals surface area (Å²) in [4.78, 5) is 29.8. The number of carbonyl (C=O) groups is 2. The predicted molar refractivity (Wildman–Crippen MR) is 95.6 cm³/mol. The maximum atomic E-state index is 13.3. The predicted octanol–water partition coefficient (Wildman–Crippen LogP) is 2.49. The molecule has 6 rings (SSSR count). The van der Waals surface area contributed by atoms with Crippen molar-refractivity contribution in [3.63, 3.8) is 0 Å². The third kappa shape index (κ3) is 1.65. The van der Waals surface area contributed by atoms with Gasteiger partial charge in [0.2, 0.25) is 11.8 Å². The molecule has 5 nitrogen and oxygen atoms in total. The summed E-state index contributed by atoms with van der Waals surface area (Å²) < 4.78 is 6.32. The van der Waals surface area contributed by atoms with E-state index in [1.807, 2.05) is 9.80 Å². The summed E-state index contributed by atoms with van der Waals surface area (Å²) in [6.45, 7) is 2.88. The van der Waals surface area contributed by atoms with Gasteiger partial charge in [0.25, 0.3) is 0 Å². The van der Waals surface area contributed by atoms with Crippen molar-refractivity contribution in [2.75, 3.05) is 11.4 Å². The van der Waals surface area contributed by atoms with Gasteiger partial charge >= 0.3 is 0 Å². The molecule has 3 fully saturated rings. The SMILES string of the molecule is Cc1ccc2c(c1)[C@@H](N1CCCC1=O)CC1N2C(=O)[C@@H]2C[C@H]3C=C[C@@]12O3. The van der Waals surface area contributed by atoms with Crippen LogP contribution in [0.25, 0.3) is 0 Å². The van der Waals surface area contributed by atoms with Gasteiger partial charge in [-0.2, -0.15) is 0 Å². The van der Waals surface area contributed by atoms with Crippen LogP contribution in [0.5, 0.6) is 0 Å². The average Bonchev–Trinajstić information content (AvgIpc) is 3.37. The van der Waals surface area contributed by atoms with E-state index in [-0.39, 0.29) is 35.9 Å². The third-order valence-electron chi connectivity index (χ3n) is 7.04. The molecule has 0 N–H and O–H groups in total. The first kappa shape index (κ1) is 15.0. The number of rotatable bonds is 1. The van der Waals surface area contributed by atoms with E-state index < -0.39 is 5.60 Å². The molecule has 5 aliphatic rings. The monoisotopic (exact) mass is 350 g/mol. The lowest BCUT2D eigenvalue weighted by Gasteiger charge is -2.44. The minimum Gasteiger partial charge on any atom is -0.361 e. The molecule has 2 bridgehead atoms. The number of likely N-dealkylation sites (tertiary alicyclic amines) is 1. The van der Waals surface area contributed by atoms with Gasteiger partial charge in [-0.25, -0.2) is 0 Å². The molecule has 0 radical (unpaired) electrons. The molecule has 1 aromatic carbocycles. The summed E-state index contributed by atoms with van der Waals surface area (Å²) in [5, 5.41) is 0. The Hall–Kier alpha value is -2.14. The zero-order valence-electron chi connectivity index (χ0n) is 14.9. The van der Waals surface area contributed by atoms with Gasteiger partial charge in [0.1, 0.15) is 5.60 Å². The Balaban J connectivity index is 1.52. The molecule has 3 saturated heterocycles. The van der Waals surface area contributed by atoms with Crippen LogP contribution in [0, 0.1) is 12.8 Å². The zero-order valence-corrected chi connectivity index (χ0v) is 14.9. The van der Waals surface area contributed by atoms with Crippen molar-refractivity contribution in [1.29, 1.82) is 0 Å². The molecule has 5 heteroatoms. The Labute approximate surface area is 152 Å². The molecule has 0 aliphatic carbocycles. The second-order valence-corrected chi connectivity index (χ2v) is 8.39. The number of carbonyl (C=O) groups excluding carboxylic acids is 2. The van der Waals surface area contributed by atoms with Crippen molar-refractivity contribution < 1.29 is 14.3 Å². The summed E-state index contributed by atoms with van der Waals surface area (Å²) in [5.74, 6) is 0.351. The maximum absolute atomic E-state index is 13.3. The molecule has 26 heavy (non-hydrogen) atoms. The van der Waals surface area contributed by atoms with Crippen LogP contribution in [0.1, 0.15) is 42.9 Å². The Bertz CT molecular complexity index is 878. The zero-order chi connectivity index (χ0) is 17.6. The van der Waals surface area contributed by atoms with Crippen molar-refractivity contribution in [2.45, 2.75) is 56.4 Å². The number of fused-ring (bicyclic) bond motifs is 4. The molecule has 134 valence electrons. The number of nitrogens with zero attached hydrogens (tertiary/aromatic N) is 2. The summed E-state index contributed by atoms with van der Waals surface area (Å²) in [6, 6.07) is 6.32. The molecule has 5 atom stereocenters. The lowest BCUT2D eigenvalue weighted by atomic mass is 9.77. The Morgan fingerprint density at radius 1 is 1.23 bits per heavy atom. The fourth-order valence-corrected chi connectivity index (χ4v) is 5.95. The van der Waals surface area contributed by atoms with Crippen LogP contribution in [-0.2, 0) is 14.3 Å². The fourth-order valence-electron chi connectivity index (χ4n) is 5.95. The van der Waals surface area contributed by atoms with E-state index in [2.05, 4.69) is 37.3 Å². The number of benzene rings is 1. The van der Waals surface area contributed by atoms with Crippen molar-refractivity contribution in [3.8, 4) is 0 Å². The van der Waals surface area contributed by atoms with Crippen molar-refractivity contribution >= 4 is 17.5 Å². The first-order valence-corrected chi connectivity index (χ1v) is 9.69. The first-order valence-electron chi connectivity index (χ1n) is 9.69. The highest BCUT2D eigenvalue weighted by atomic mass is 16.5. The molecular weight excluding hydrogens is 328 g/mol. The van der Waals surface area contributed by atoms with Crippen molar-refractivity contribution in [3.05, 3.63) is 41.5 Å². The summed E-state index contributed by atoms with van der Waals surface area (Å²) >= 11 is 0. The molecule has 5 aliphatic heterocycles. The first-order chi connectivity index (χ1) is 12.6. The number of amides is 2. The highest BCUT2D eigenvalue weighted by molar-refractivity contribution is 6.02. The molecule has 5 heterocycles. The van der Waals surface area contributed by atoms with E-state index in [1.54, 1.807) is 0 Å². The van der Waals surface area contributed by atoms with Gasteiger partial charge in [-0.3, -0.25) is 9.59 Å². The highest BCUT2D eigenvalue weighted by Crippen LogP contribution is 2.58. The van der Waals surface area contributed by atoms with Gasteiger partial charge in [0.15, 0.2) is 0 Å². The van der Waals surface area contributed by atoms with E-state index in [9.17, 15) is 9.59 Å². The molecule has 1 unspecified atom stereocenters. The Kier molecular flexibility index (Phi) is 2.75. The van der Waals surface area contributed by atoms with Gasteiger partial charge < -0.3 is 14.5 Å². The summed E-state index contributed by atoms with van der Waals surface area (Å²) in [7, 11) is 0. The van der Waals surface area contributed by atoms with Crippen LogP contribution in [0.4, 0.5) is 5.69 Å². The standard InChI is InChI=1S/C21H22N2O3/c1-12-4-5-16-14(9-12)17(22-8-2-3-19(22)24)11-18-21-7-6-13(26-21)10-15(21)20(25)23(16)18/h4-7,9,13,15,17-18H,2-3,8,10-11H2,1H3/t13-,15+,17+,18?,21+/m1/s1. The maximum Gasteiger partial charge on any atom is 0.233 e. The van der Waals surface area contributed by atoms with Crippen LogP contribution in [0.15, 0.2) is 30.4 Å². The minimum absolute atomic E-state index is 0.0163. The lowest BCUT2D eigenvalue weighted by molar-refractivity contribution is -0.130. The summed E-state index contributed by atoms with van der Waals surface area (Å²) in [5.41, 5.74) is 2.78. The van der Waals surface area contributed by atoms with Crippen LogP contribution in [0.2, 0.25) is 0 Å². The topological polar surface area (TPSA) is 49.9 Å². The molecule has 1 aromatic rings. The Morgan fingerprint density at radius 3 is 2.88 bits per heavy atom. The molecular formula is C21H22N2O3. The molecule has 0 saturated carbocycles. The van der Waals surface area contributed by atoms with E-state index >= 15 is 0 Å². The molecule has 2 amide bonds. The summed E-state index contributed by atoms with van der Waals surface area (Å²) in [6.07, 6.45) is 7.45. The molecule has 0 aromatic heterocycles. The number of aryl methyl sites for hydroxylation is 1. The number of ether oxygens (including phenoxy) is 1. The second-order valence-electron chi connectivity index (χ2n) is 8.39. The van der Waals surface area contributed by atoms with E-state index in [1.165, 1.54) is 5.56 Å². The fraction of sp³-hybridized carbons (Fsp3) is 0.524. The van der Waals surface area contributed by atoms with E-state index in [0.717, 1.165) is 37.1 Å². The normalized spacial score (nSPS) is 39.6. The van der Waals surface area contributed by atoms with Crippen LogP contribution >= 0.6 is 0 Å². The number of hydrogen-bond donors (Lipinski definition) is 0. The minimum atomic E-state index is -0.495. The van der Waals surface area contributed by atoms with Crippen LogP contribution < -0.4 is 4.90 Å². The quantitative estimate of drug-likeness (QED) is 0.731. The lowest BCUT2D eigenvalue weighted by Crippen LogP contribution is -2.50. The van der Waals surface area contributed by atoms with Crippen LogP contribution in [-0.4, -0.2) is 41.0 Å². The van der Waals surface area contributed by atoms with Crippen LogP contribution in [0.3, 0.4) is 0 Å². The van der Waals surface area contributed by atoms with E-state index in [4.69, 9.17) is 4.74 Å². The third-order valence-corrected chi connectivity index (χ3v) is 7.04. The number of anilines is 1.